The van der Waals surface area contributed by atoms with Crippen LogP contribution in [0.1, 0.15) is 31.0 Å². The molecule has 2 amide bonds. The summed E-state index contributed by atoms with van der Waals surface area (Å²) in [6.07, 6.45) is -1.24. The number of benzene rings is 1. The SMILES string of the molecule is Cc1ccc(C(C)NC(=O)N[C@H](C(=O)O)[C@@H](C)O)cc1F. The number of aliphatic hydroxyl groups is 1. The van der Waals surface area contributed by atoms with E-state index in [1.165, 1.54) is 13.0 Å². The van der Waals surface area contributed by atoms with Crippen molar-refractivity contribution in [1.82, 2.24) is 10.6 Å². The molecule has 1 rings (SSSR count). The van der Waals surface area contributed by atoms with E-state index in [0.717, 1.165) is 0 Å². The van der Waals surface area contributed by atoms with Crippen molar-refractivity contribution >= 4 is 12.0 Å². The maximum absolute atomic E-state index is 13.5. The predicted octanol–water partition coefficient (Wildman–Crippen LogP) is 1.33. The number of carbonyl (C=O) groups excluding carboxylic acids is 1. The third-order valence-electron chi connectivity index (χ3n) is 3.08. The third-order valence-corrected chi connectivity index (χ3v) is 3.08. The molecule has 0 aromatic heterocycles. The fraction of sp³-hybridized carbons (Fsp3) is 0.429. The van der Waals surface area contributed by atoms with Crippen molar-refractivity contribution < 1.29 is 24.2 Å². The van der Waals surface area contributed by atoms with Gasteiger partial charge >= 0.3 is 12.0 Å². The van der Waals surface area contributed by atoms with Crippen LogP contribution in [0.2, 0.25) is 0 Å². The first-order valence-electron chi connectivity index (χ1n) is 6.46. The highest BCUT2D eigenvalue weighted by Crippen LogP contribution is 2.16. The molecule has 0 bridgehead atoms. The van der Waals surface area contributed by atoms with Crippen molar-refractivity contribution in [3.8, 4) is 0 Å². The highest BCUT2D eigenvalue weighted by Gasteiger charge is 2.25. The minimum absolute atomic E-state index is 0.381. The highest BCUT2D eigenvalue weighted by molar-refractivity contribution is 5.83. The van der Waals surface area contributed by atoms with Crippen LogP contribution in [0.15, 0.2) is 18.2 Å². The van der Waals surface area contributed by atoms with E-state index in [1.54, 1.807) is 26.0 Å². The van der Waals surface area contributed by atoms with E-state index in [1.807, 2.05) is 0 Å². The summed E-state index contributed by atoms with van der Waals surface area (Å²) in [5.41, 5.74) is 1.05. The van der Waals surface area contributed by atoms with Gasteiger partial charge in [-0.15, -0.1) is 0 Å². The third kappa shape index (κ3) is 4.71. The van der Waals surface area contributed by atoms with E-state index >= 15 is 0 Å². The second-order valence-electron chi connectivity index (χ2n) is 4.90. The Bertz CT molecular complexity index is 534. The normalized spacial score (nSPS) is 14.9. The number of hydrogen-bond donors (Lipinski definition) is 4. The van der Waals surface area contributed by atoms with Gasteiger partial charge in [-0.1, -0.05) is 12.1 Å². The van der Waals surface area contributed by atoms with Crippen LogP contribution in [0.25, 0.3) is 0 Å². The van der Waals surface area contributed by atoms with E-state index in [2.05, 4.69) is 10.6 Å². The Morgan fingerprint density at radius 3 is 2.33 bits per heavy atom. The summed E-state index contributed by atoms with van der Waals surface area (Å²) < 4.78 is 13.5. The maximum Gasteiger partial charge on any atom is 0.328 e. The molecule has 1 aromatic carbocycles. The van der Waals surface area contributed by atoms with E-state index < -0.39 is 30.2 Å². The molecule has 0 aliphatic carbocycles. The lowest BCUT2D eigenvalue weighted by Gasteiger charge is -2.20. The van der Waals surface area contributed by atoms with Crippen molar-refractivity contribution in [2.24, 2.45) is 0 Å². The Morgan fingerprint density at radius 1 is 1.24 bits per heavy atom. The van der Waals surface area contributed by atoms with Gasteiger partial charge in [0.25, 0.3) is 0 Å². The molecule has 0 fully saturated rings. The molecule has 0 spiro atoms. The zero-order valence-electron chi connectivity index (χ0n) is 12.1. The molecule has 3 atom stereocenters. The fourth-order valence-corrected chi connectivity index (χ4v) is 1.73. The van der Waals surface area contributed by atoms with Gasteiger partial charge in [0.05, 0.1) is 12.1 Å². The van der Waals surface area contributed by atoms with Crippen LogP contribution in [-0.4, -0.2) is 34.4 Å². The zero-order chi connectivity index (χ0) is 16.2. The zero-order valence-corrected chi connectivity index (χ0v) is 12.1. The van der Waals surface area contributed by atoms with Gasteiger partial charge in [-0.3, -0.25) is 0 Å². The Kier molecular flexibility index (Phi) is 5.66. The lowest BCUT2D eigenvalue weighted by atomic mass is 10.1. The smallest absolute Gasteiger partial charge is 0.328 e. The van der Waals surface area contributed by atoms with Crippen LogP contribution in [0.3, 0.4) is 0 Å². The van der Waals surface area contributed by atoms with Crippen LogP contribution in [0.4, 0.5) is 9.18 Å². The second-order valence-corrected chi connectivity index (χ2v) is 4.90. The minimum Gasteiger partial charge on any atom is -0.480 e. The molecule has 4 N–H and O–H groups in total. The summed E-state index contributed by atoms with van der Waals surface area (Å²) in [4.78, 5) is 22.6. The Balaban J connectivity index is 2.69. The van der Waals surface area contributed by atoms with E-state index in [4.69, 9.17) is 5.11 Å². The summed E-state index contributed by atoms with van der Waals surface area (Å²) in [5.74, 6) is -1.72. The standard InChI is InChI=1S/C14H19FN2O4/c1-7-4-5-10(6-11(7)15)8(2)16-14(21)17-12(9(3)18)13(19)20/h4-6,8-9,12,18H,1-3H3,(H,19,20)(H2,16,17,21)/t8?,9-,12+/m1/s1. The lowest BCUT2D eigenvalue weighted by molar-refractivity contribution is -0.141. The van der Waals surface area contributed by atoms with E-state index in [-0.39, 0.29) is 5.82 Å². The first-order valence-corrected chi connectivity index (χ1v) is 6.46. The van der Waals surface area contributed by atoms with E-state index in [0.29, 0.717) is 11.1 Å². The van der Waals surface area contributed by atoms with Crippen LogP contribution in [0.5, 0.6) is 0 Å². The van der Waals surface area contributed by atoms with Crippen LogP contribution in [-0.2, 0) is 4.79 Å². The molecule has 0 saturated heterocycles. The molecule has 0 heterocycles. The quantitative estimate of drug-likeness (QED) is 0.659. The molecule has 1 unspecified atom stereocenters. The number of hydrogen-bond acceptors (Lipinski definition) is 3. The number of urea groups is 1. The van der Waals surface area contributed by atoms with Crippen molar-refractivity contribution in [1.29, 1.82) is 0 Å². The van der Waals surface area contributed by atoms with Gasteiger partial charge in [-0.25, -0.2) is 14.0 Å². The van der Waals surface area contributed by atoms with Crippen LogP contribution < -0.4 is 10.6 Å². The summed E-state index contributed by atoms with van der Waals surface area (Å²) >= 11 is 0. The number of aryl methyl sites for hydroxylation is 1. The Hall–Kier alpha value is -2.15. The number of aliphatic hydroxyl groups excluding tert-OH is 1. The highest BCUT2D eigenvalue weighted by atomic mass is 19.1. The van der Waals surface area contributed by atoms with Gasteiger partial charge in [0.2, 0.25) is 0 Å². The lowest BCUT2D eigenvalue weighted by Crippen LogP contribution is -2.51. The Morgan fingerprint density at radius 2 is 1.86 bits per heavy atom. The van der Waals surface area contributed by atoms with Gasteiger partial charge in [-0.2, -0.15) is 0 Å². The number of halogens is 1. The summed E-state index contributed by atoms with van der Waals surface area (Å²) in [6, 6.07) is 1.90. The summed E-state index contributed by atoms with van der Waals surface area (Å²) in [5, 5.41) is 22.8. The topological polar surface area (TPSA) is 98.7 Å². The molecule has 7 heteroatoms. The number of amides is 2. The Labute approximate surface area is 122 Å². The van der Waals surface area contributed by atoms with Crippen LogP contribution in [0, 0.1) is 12.7 Å². The number of rotatable bonds is 5. The van der Waals surface area contributed by atoms with Crippen LogP contribution >= 0.6 is 0 Å². The average Bonchev–Trinajstić information content (AvgIpc) is 2.38. The monoisotopic (exact) mass is 298 g/mol. The number of aliphatic carboxylic acids is 1. The summed E-state index contributed by atoms with van der Waals surface area (Å²) in [7, 11) is 0. The molecule has 0 aliphatic heterocycles. The van der Waals surface area contributed by atoms with Gasteiger partial charge in [0.1, 0.15) is 5.82 Å². The van der Waals surface area contributed by atoms with Crippen molar-refractivity contribution in [2.45, 2.75) is 39.0 Å². The van der Waals surface area contributed by atoms with Gasteiger partial charge in [0.15, 0.2) is 6.04 Å². The molecule has 0 saturated carbocycles. The second kappa shape index (κ2) is 7.03. The average molecular weight is 298 g/mol. The molecular weight excluding hydrogens is 279 g/mol. The molecule has 1 aromatic rings. The molecule has 0 aliphatic rings. The number of carboxylic acids is 1. The minimum atomic E-state index is -1.41. The molecular formula is C14H19FN2O4. The maximum atomic E-state index is 13.5. The van der Waals surface area contributed by atoms with Crippen molar-refractivity contribution in [3.05, 3.63) is 35.1 Å². The number of nitrogens with one attached hydrogen (secondary N) is 2. The van der Waals surface area contributed by atoms with Gasteiger partial charge < -0.3 is 20.8 Å². The van der Waals surface area contributed by atoms with Crippen molar-refractivity contribution in [3.63, 3.8) is 0 Å². The number of carboxylic acid groups (broad SMARTS) is 1. The van der Waals surface area contributed by atoms with Gasteiger partial charge in [-0.05, 0) is 38.0 Å². The number of carbonyl (C=O) groups is 2. The largest absolute Gasteiger partial charge is 0.480 e. The molecule has 6 nitrogen and oxygen atoms in total. The van der Waals surface area contributed by atoms with Gasteiger partial charge in [0, 0.05) is 0 Å². The first kappa shape index (κ1) is 16.9. The molecule has 21 heavy (non-hydrogen) atoms. The fourth-order valence-electron chi connectivity index (χ4n) is 1.73. The molecule has 0 radical (unpaired) electrons. The predicted molar refractivity (Wildman–Crippen MR) is 74.3 cm³/mol. The molecule has 116 valence electrons. The van der Waals surface area contributed by atoms with Crippen molar-refractivity contribution in [2.75, 3.05) is 0 Å². The summed E-state index contributed by atoms with van der Waals surface area (Å²) in [6.45, 7) is 4.53. The van der Waals surface area contributed by atoms with E-state index in [9.17, 15) is 19.1 Å². The first-order chi connectivity index (χ1) is 9.72.